The second kappa shape index (κ2) is 5.67. The predicted molar refractivity (Wildman–Crippen MR) is 73.7 cm³/mol. The summed E-state index contributed by atoms with van der Waals surface area (Å²) in [6, 6.07) is 2.52. The minimum Gasteiger partial charge on any atom is -0.395 e. The van der Waals surface area contributed by atoms with E-state index >= 15 is 0 Å². The molecule has 0 fully saturated rings. The number of pyridine rings is 1. The third kappa shape index (κ3) is 2.49. The van der Waals surface area contributed by atoms with Gasteiger partial charge in [-0.3, -0.25) is 0 Å². The highest BCUT2D eigenvalue weighted by Gasteiger charge is 2.20. The van der Waals surface area contributed by atoms with Gasteiger partial charge in [-0.25, -0.2) is 4.98 Å². The first-order valence-electron chi connectivity index (χ1n) is 6.76. The average molecular weight is 249 g/mol. The van der Waals surface area contributed by atoms with Gasteiger partial charge in [0.15, 0.2) is 0 Å². The molecule has 0 atom stereocenters. The molecule has 0 spiro atoms. The molecule has 18 heavy (non-hydrogen) atoms. The van der Waals surface area contributed by atoms with Gasteiger partial charge in [-0.1, -0.05) is 0 Å². The molecular formula is C14H23N3O. The number of aryl methyl sites for hydroxylation is 2. The van der Waals surface area contributed by atoms with Gasteiger partial charge in [0, 0.05) is 30.4 Å². The van der Waals surface area contributed by atoms with E-state index in [1.807, 2.05) is 0 Å². The monoisotopic (exact) mass is 249 g/mol. The number of aromatic nitrogens is 1. The topological polar surface area (TPSA) is 62.4 Å². The van der Waals surface area contributed by atoms with Crippen LogP contribution in [0.2, 0.25) is 0 Å². The summed E-state index contributed by atoms with van der Waals surface area (Å²) in [5, 5.41) is 9.20. The molecule has 0 radical (unpaired) electrons. The summed E-state index contributed by atoms with van der Waals surface area (Å²) in [4.78, 5) is 6.94. The van der Waals surface area contributed by atoms with Crippen LogP contribution in [0.3, 0.4) is 0 Å². The molecule has 3 N–H and O–H groups in total. The number of hydrogen-bond acceptors (Lipinski definition) is 4. The third-order valence-corrected chi connectivity index (χ3v) is 3.56. The fraction of sp³-hybridized carbons (Fsp3) is 0.643. The van der Waals surface area contributed by atoms with Crippen LogP contribution in [0, 0.1) is 0 Å². The number of nitrogens with zero attached hydrogens (tertiary/aromatic N) is 2. The Morgan fingerprint density at radius 3 is 2.83 bits per heavy atom. The zero-order valence-corrected chi connectivity index (χ0v) is 11.3. The van der Waals surface area contributed by atoms with Crippen molar-refractivity contribution in [3.05, 3.63) is 22.9 Å². The number of hydrogen-bond donors (Lipinski definition) is 2. The SMILES string of the molecule is CC(C)N(CCO)c1nc2c(cc1CN)CCC2. The van der Waals surface area contributed by atoms with Crippen LogP contribution in [0.5, 0.6) is 0 Å². The first-order chi connectivity index (χ1) is 8.67. The van der Waals surface area contributed by atoms with Crippen LogP contribution in [-0.2, 0) is 19.4 Å². The van der Waals surface area contributed by atoms with Gasteiger partial charge >= 0.3 is 0 Å². The molecule has 4 nitrogen and oxygen atoms in total. The van der Waals surface area contributed by atoms with E-state index in [0.29, 0.717) is 19.1 Å². The molecule has 4 heteroatoms. The zero-order chi connectivity index (χ0) is 13.1. The lowest BCUT2D eigenvalue weighted by molar-refractivity contribution is 0.298. The fourth-order valence-corrected chi connectivity index (χ4v) is 2.62. The highest BCUT2D eigenvalue weighted by Crippen LogP contribution is 2.28. The van der Waals surface area contributed by atoms with Crippen molar-refractivity contribution in [2.24, 2.45) is 5.73 Å². The van der Waals surface area contributed by atoms with Crippen LogP contribution < -0.4 is 10.6 Å². The molecule has 0 saturated heterocycles. The molecule has 0 aromatic carbocycles. The minimum atomic E-state index is 0.140. The lowest BCUT2D eigenvalue weighted by atomic mass is 10.1. The molecule has 0 aliphatic heterocycles. The lowest BCUT2D eigenvalue weighted by Gasteiger charge is -2.29. The molecule has 1 aromatic heterocycles. The number of anilines is 1. The van der Waals surface area contributed by atoms with Crippen LogP contribution in [0.4, 0.5) is 5.82 Å². The maximum Gasteiger partial charge on any atom is 0.133 e. The molecule has 100 valence electrons. The van der Waals surface area contributed by atoms with Gasteiger partial charge < -0.3 is 15.7 Å². The lowest BCUT2D eigenvalue weighted by Crippen LogP contribution is -2.35. The number of fused-ring (bicyclic) bond motifs is 1. The van der Waals surface area contributed by atoms with Crippen LogP contribution in [0.15, 0.2) is 6.07 Å². The van der Waals surface area contributed by atoms with Crippen LogP contribution >= 0.6 is 0 Å². The predicted octanol–water partition coefficient (Wildman–Crippen LogP) is 1.24. The second-order valence-corrected chi connectivity index (χ2v) is 5.15. The number of rotatable bonds is 5. The van der Waals surface area contributed by atoms with Gasteiger partial charge in [-0.15, -0.1) is 0 Å². The molecule has 0 bridgehead atoms. The normalized spacial score (nSPS) is 14.1. The Labute approximate surface area is 109 Å². The van der Waals surface area contributed by atoms with Gasteiger partial charge in [0.1, 0.15) is 5.82 Å². The third-order valence-electron chi connectivity index (χ3n) is 3.56. The Balaban J connectivity index is 2.41. The molecule has 0 unspecified atom stereocenters. The quantitative estimate of drug-likeness (QED) is 0.824. The van der Waals surface area contributed by atoms with Crippen molar-refractivity contribution in [1.29, 1.82) is 0 Å². The van der Waals surface area contributed by atoms with E-state index in [4.69, 9.17) is 10.7 Å². The van der Waals surface area contributed by atoms with Crippen molar-refractivity contribution in [2.75, 3.05) is 18.1 Å². The van der Waals surface area contributed by atoms with Crippen molar-refractivity contribution in [1.82, 2.24) is 4.98 Å². The van der Waals surface area contributed by atoms with E-state index in [-0.39, 0.29) is 6.61 Å². The molecule has 1 aliphatic rings. The Bertz CT molecular complexity index is 418. The first-order valence-corrected chi connectivity index (χ1v) is 6.76. The summed E-state index contributed by atoms with van der Waals surface area (Å²) < 4.78 is 0. The van der Waals surface area contributed by atoms with Crippen molar-refractivity contribution in [2.45, 2.75) is 45.7 Å². The number of aliphatic hydroxyl groups is 1. The van der Waals surface area contributed by atoms with Crippen molar-refractivity contribution in [3.63, 3.8) is 0 Å². The van der Waals surface area contributed by atoms with Gasteiger partial charge in [0.25, 0.3) is 0 Å². The Kier molecular flexibility index (Phi) is 4.19. The van der Waals surface area contributed by atoms with Gasteiger partial charge in [-0.05, 0) is 44.7 Å². The maximum atomic E-state index is 9.20. The highest BCUT2D eigenvalue weighted by molar-refractivity contribution is 5.51. The zero-order valence-electron chi connectivity index (χ0n) is 11.3. The number of aliphatic hydroxyl groups excluding tert-OH is 1. The second-order valence-electron chi connectivity index (χ2n) is 5.15. The van der Waals surface area contributed by atoms with E-state index in [1.165, 1.54) is 17.7 Å². The van der Waals surface area contributed by atoms with Gasteiger partial charge in [0.2, 0.25) is 0 Å². The molecule has 0 amide bonds. The molecule has 1 heterocycles. The molecule has 0 saturated carbocycles. The van der Waals surface area contributed by atoms with Crippen LogP contribution in [0.25, 0.3) is 0 Å². The Morgan fingerprint density at radius 1 is 1.44 bits per heavy atom. The summed E-state index contributed by atoms with van der Waals surface area (Å²) in [6.07, 6.45) is 3.38. The molecule has 2 rings (SSSR count). The molecular weight excluding hydrogens is 226 g/mol. The Hall–Kier alpha value is -1.13. The first kappa shape index (κ1) is 13.3. The van der Waals surface area contributed by atoms with E-state index in [0.717, 1.165) is 24.2 Å². The number of nitrogens with two attached hydrogens (primary N) is 1. The van der Waals surface area contributed by atoms with E-state index in [1.54, 1.807) is 0 Å². The average Bonchev–Trinajstić information content (AvgIpc) is 2.81. The summed E-state index contributed by atoms with van der Waals surface area (Å²) >= 11 is 0. The van der Waals surface area contributed by atoms with Gasteiger partial charge in [-0.2, -0.15) is 0 Å². The largest absolute Gasteiger partial charge is 0.395 e. The Morgan fingerprint density at radius 2 is 2.22 bits per heavy atom. The highest BCUT2D eigenvalue weighted by atomic mass is 16.3. The van der Waals surface area contributed by atoms with Crippen molar-refractivity contribution >= 4 is 5.82 Å². The van der Waals surface area contributed by atoms with Crippen molar-refractivity contribution < 1.29 is 5.11 Å². The smallest absolute Gasteiger partial charge is 0.133 e. The fourth-order valence-electron chi connectivity index (χ4n) is 2.62. The van der Waals surface area contributed by atoms with E-state index < -0.39 is 0 Å². The van der Waals surface area contributed by atoms with E-state index in [9.17, 15) is 5.11 Å². The van der Waals surface area contributed by atoms with Crippen LogP contribution in [0.1, 0.15) is 37.1 Å². The van der Waals surface area contributed by atoms with Crippen molar-refractivity contribution in [3.8, 4) is 0 Å². The minimum absolute atomic E-state index is 0.140. The van der Waals surface area contributed by atoms with Crippen LogP contribution in [-0.4, -0.2) is 29.3 Å². The maximum absolute atomic E-state index is 9.20. The standard InChI is InChI=1S/C14H23N3O/c1-10(2)17(6-7-18)14-12(9-15)8-11-4-3-5-13(11)16-14/h8,10,18H,3-7,9,15H2,1-2H3. The molecule has 1 aromatic rings. The summed E-state index contributed by atoms with van der Waals surface area (Å²) in [6.45, 7) is 5.48. The summed E-state index contributed by atoms with van der Waals surface area (Å²) in [5.74, 6) is 0.960. The summed E-state index contributed by atoms with van der Waals surface area (Å²) in [7, 11) is 0. The van der Waals surface area contributed by atoms with E-state index in [2.05, 4.69) is 24.8 Å². The summed E-state index contributed by atoms with van der Waals surface area (Å²) in [5.41, 5.74) is 9.51. The molecule has 1 aliphatic carbocycles. The van der Waals surface area contributed by atoms with Gasteiger partial charge in [0.05, 0.1) is 6.61 Å².